The maximum absolute atomic E-state index is 7.52. The molecule has 3 heteroatoms. The van der Waals surface area contributed by atoms with Gasteiger partial charge in [-0.3, -0.25) is 0 Å². The van der Waals surface area contributed by atoms with Crippen LogP contribution in [0.25, 0.3) is 88.0 Å². The van der Waals surface area contributed by atoms with Crippen molar-refractivity contribution in [2.45, 2.75) is 5.41 Å². The lowest BCUT2D eigenvalue weighted by Gasteiger charge is -2.35. The van der Waals surface area contributed by atoms with Gasteiger partial charge in [0, 0.05) is 38.4 Å². The van der Waals surface area contributed by atoms with Gasteiger partial charge in [-0.1, -0.05) is 206 Å². The summed E-state index contributed by atoms with van der Waals surface area (Å²) in [6.07, 6.45) is 0. The second-order valence-electron chi connectivity index (χ2n) is 17.9. The molecule has 0 saturated heterocycles. The van der Waals surface area contributed by atoms with Crippen molar-refractivity contribution in [3.63, 3.8) is 0 Å². The van der Waals surface area contributed by atoms with Crippen molar-refractivity contribution in [3.05, 3.63) is 271 Å². The van der Waals surface area contributed by atoms with E-state index >= 15 is 0 Å². The fourth-order valence-electron chi connectivity index (χ4n) is 11.4. The zero-order valence-electron chi connectivity index (χ0n) is 36.9. The molecule has 0 aliphatic heterocycles. The highest BCUT2D eigenvalue weighted by molar-refractivity contribution is 6.25. The number of furan rings is 2. The normalized spacial score (nSPS) is 12.8. The van der Waals surface area contributed by atoms with Crippen LogP contribution in [0.3, 0.4) is 0 Å². The molecule has 1 aliphatic rings. The molecule has 318 valence electrons. The van der Waals surface area contributed by atoms with Gasteiger partial charge in [0.1, 0.15) is 16.7 Å². The average Bonchev–Trinajstić information content (AvgIpc) is 4.07. The van der Waals surface area contributed by atoms with Gasteiger partial charge in [-0.2, -0.15) is 0 Å². The van der Waals surface area contributed by atoms with Crippen molar-refractivity contribution in [2.24, 2.45) is 0 Å². The number of anilines is 3. The number of rotatable bonds is 7. The summed E-state index contributed by atoms with van der Waals surface area (Å²) < 4.78 is 14.2. The van der Waals surface area contributed by atoms with E-state index in [4.69, 9.17) is 8.83 Å². The Kier molecular flexibility index (Phi) is 8.50. The van der Waals surface area contributed by atoms with E-state index in [1.165, 1.54) is 44.2 Å². The van der Waals surface area contributed by atoms with Crippen LogP contribution in [0, 0.1) is 0 Å². The first kappa shape index (κ1) is 38.4. The molecule has 0 fully saturated rings. The van der Waals surface area contributed by atoms with E-state index in [1.807, 2.05) is 6.07 Å². The van der Waals surface area contributed by atoms with E-state index in [2.05, 4.69) is 248 Å². The fraction of sp³-hybridized carbons (Fsp3) is 0.0154. The van der Waals surface area contributed by atoms with Gasteiger partial charge in [0.25, 0.3) is 0 Å². The number of fused-ring (bicyclic) bond motifs is 10. The molecule has 68 heavy (non-hydrogen) atoms. The summed E-state index contributed by atoms with van der Waals surface area (Å²) in [7, 11) is 0. The van der Waals surface area contributed by atoms with Gasteiger partial charge in [-0.15, -0.1) is 0 Å². The van der Waals surface area contributed by atoms with Crippen LogP contribution in [0.5, 0.6) is 0 Å². The van der Waals surface area contributed by atoms with Crippen molar-refractivity contribution < 1.29 is 8.83 Å². The van der Waals surface area contributed by atoms with E-state index in [0.29, 0.717) is 0 Å². The number of hydrogen-bond donors (Lipinski definition) is 0. The van der Waals surface area contributed by atoms with Gasteiger partial charge in [0.2, 0.25) is 0 Å². The van der Waals surface area contributed by atoms with Crippen LogP contribution < -0.4 is 4.90 Å². The topological polar surface area (TPSA) is 29.5 Å². The van der Waals surface area contributed by atoms with Gasteiger partial charge in [-0.05, 0) is 97.7 Å². The molecule has 2 heterocycles. The standard InChI is InChI=1S/C65H41NO2/c1-4-20-43(21-5-1)49-27-13-16-32-57(49)66(48-37-38-51-50-28-12-15-31-55(50)65(56(51)40-48,46-23-6-2-7-24-46)47-25-8-3-9-26-47)58-33-18-30-52-54-41-60-62(53-29-14-17-34-59(53)67-60)61(64(54)68-63(52)58)45-36-35-42-19-10-11-22-44(42)39-45/h1-41H. The molecular weight excluding hydrogens is 827 g/mol. The van der Waals surface area contributed by atoms with Crippen LogP contribution in [-0.2, 0) is 5.41 Å². The monoisotopic (exact) mass is 867 g/mol. The van der Waals surface area contributed by atoms with E-state index in [1.54, 1.807) is 0 Å². The van der Waals surface area contributed by atoms with E-state index in [0.717, 1.165) is 83.2 Å². The highest BCUT2D eigenvalue weighted by atomic mass is 16.3. The van der Waals surface area contributed by atoms with Crippen LogP contribution in [-0.4, -0.2) is 0 Å². The summed E-state index contributed by atoms with van der Waals surface area (Å²) in [4.78, 5) is 2.42. The highest BCUT2D eigenvalue weighted by Crippen LogP contribution is 2.58. The summed E-state index contributed by atoms with van der Waals surface area (Å²) in [5.41, 5.74) is 17.5. The Morgan fingerprint density at radius 1 is 0.338 bits per heavy atom. The third kappa shape index (κ3) is 5.60. The Bertz CT molecular complexity index is 4050. The minimum atomic E-state index is -0.577. The van der Waals surface area contributed by atoms with Crippen molar-refractivity contribution in [1.29, 1.82) is 0 Å². The van der Waals surface area contributed by atoms with Crippen LogP contribution in [0.15, 0.2) is 258 Å². The first-order chi connectivity index (χ1) is 33.7. The van der Waals surface area contributed by atoms with Crippen LogP contribution >= 0.6 is 0 Å². The lowest BCUT2D eigenvalue weighted by Crippen LogP contribution is -2.28. The maximum atomic E-state index is 7.52. The molecule has 0 atom stereocenters. The second kappa shape index (κ2) is 15.1. The molecule has 2 aromatic heterocycles. The van der Waals surface area contributed by atoms with Gasteiger partial charge < -0.3 is 13.7 Å². The van der Waals surface area contributed by atoms with Gasteiger partial charge >= 0.3 is 0 Å². The number of benzene rings is 11. The molecule has 11 aromatic carbocycles. The highest BCUT2D eigenvalue weighted by Gasteiger charge is 2.46. The molecule has 0 radical (unpaired) electrons. The second-order valence-corrected chi connectivity index (χ2v) is 17.9. The third-order valence-corrected chi connectivity index (χ3v) is 14.3. The molecule has 13 aromatic rings. The molecule has 0 saturated carbocycles. The smallest absolute Gasteiger partial charge is 0.159 e. The zero-order valence-corrected chi connectivity index (χ0v) is 36.9. The largest absolute Gasteiger partial charge is 0.456 e. The van der Waals surface area contributed by atoms with Crippen molar-refractivity contribution in [2.75, 3.05) is 4.90 Å². The molecule has 0 N–H and O–H groups in total. The van der Waals surface area contributed by atoms with Crippen LogP contribution in [0.1, 0.15) is 22.3 Å². The van der Waals surface area contributed by atoms with Crippen LogP contribution in [0.4, 0.5) is 17.1 Å². The summed E-state index contributed by atoms with van der Waals surface area (Å²) in [5.74, 6) is 0. The van der Waals surface area contributed by atoms with Gasteiger partial charge in [-0.25, -0.2) is 0 Å². The number of nitrogens with zero attached hydrogens (tertiary/aromatic N) is 1. The molecule has 0 unspecified atom stereocenters. The van der Waals surface area contributed by atoms with E-state index in [-0.39, 0.29) is 0 Å². The molecule has 3 nitrogen and oxygen atoms in total. The summed E-state index contributed by atoms with van der Waals surface area (Å²) >= 11 is 0. The van der Waals surface area contributed by atoms with E-state index in [9.17, 15) is 0 Å². The zero-order chi connectivity index (χ0) is 44.8. The minimum absolute atomic E-state index is 0.577. The Hall–Kier alpha value is -8.92. The Labute approximate surface area is 393 Å². The predicted octanol–water partition coefficient (Wildman–Crippen LogP) is 17.8. The summed E-state index contributed by atoms with van der Waals surface area (Å²) in [6, 6.07) is 89.9. The maximum Gasteiger partial charge on any atom is 0.159 e. The van der Waals surface area contributed by atoms with Gasteiger partial charge in [0.15, 0.2) is 5.58 Å². The molecule has 0 bridgehead atoms. The summed E-state index contributed by atoms with van der Waals surface area (Å²) in [6.45, 7) is 0. The predicted molar refractivity (Wildman–Crippen MR) is 281 cm³/mol. The lowest BCUT2D eigenvalue weighted by molar-refractivity contribution is 0.665. The Morgan fingerprint density at radius 3 is 1.78 bits per heavy atom. The fourth-order valence-corrected chi connectivity index (χ4v) is 11.4. The molecule has 1 aliphatic carbocycles. The molecular formula is C65H41NO2. The molecule has 0 spiro atoms. The quantitative estimate of drug-likeness (QED) is 0.160. The average molecular weight is 868 g/mol. The SMILES string of the molecule is c1ccc(-c2ccccc2N(c2ccc3c(c2)C(c2ccccc2)(c2ccccc2)c2ccccc2-3)c2cccc3c2oc2c(-c4ccc5ccccc5c4)c4c(cc23)oc2ccccc24)cc1. The molecule has 0 amide bonds. The third-order valence-electron chi connectivity index (χ3n) is 14.3. The molecule has 14 rings (SSSR count). The summed E-state index contributed by atoms with van der Waals surface area (Å²) in [5, 5.41) is 6.49. The van der Waals surface area contributed by atoms with E-state index < -0.39 is 5.41 Å². The Morgan fingerprint density at radius 2 is 0.971 bits per heavy atom. The lowest BCUT2D eigenvalue weighted by atomic mass is 9.67. The first-order valence-electron chi connectivity index (χ1n) is 23.3. The van der Waals surface area contributed by atoms with Crippen molar-refractivity contribution in [3.8, 4) is 33.4 Å². The first-order valence-corrected chi connectivity index (χ1v) is 23.3. The van der Waals surface area contributed by atoms with Crippen molar-refractivity contribution >= 4 is 71.7 Å². The Balaban J connectivity index is 1.08. The van der Waals surface area contributed by atoms with Gasteiger partial charge in [0.05, 0.1) is 16.8 Å². The minimum Gasteiger partial charge on any atom is -0.456 e. The van der Waals surface area contributed by atoms with Crippen molar-refractivity contribution in [1.82, 2.24) is 0 Å². The van der Waals surface area contributed by atoms with Crippen LogP contribution in [0.2, 0.25) is 0 Å². The number of hydrogen-bond acceptors (Lipinski definition) is 3. The number of para-hydroxylation sites is 3.